The Morgan fingerprint density at radius 2 is 2.00 bits per heavy atom. The van der Waals surface area contributed by atoms with E-state index in [0.717, 1.165) is 31.6 Å². The van der Waals surface area contributed by atoms with Gasteiger partial charge in [-0.2, -0.15) is 0 Å². The minimum Gasteiger partial charge on any atom is -0.346 e. The highest BCUT2D eigenvalue weighted by molar-refractivity contribution is 6.41. The largest absolute Gasteiger partial charge is 0.346 e. The highest BCUT2D eigenvalue weighted by Crippen LogP contribution is 2.32. The summed E-state index contributed by atoms with van der Waals surface area (Å²) in [6, 6.07) is 7.95. The highest BCUT2D eigenvalue weighted by Gasteiger charge is 2.30. The SMILES string of the molecule is O=C1NCCN(c2ccccc2C2CCCNC2)C1=O. The Balaban J connectivity index is 1.92. The lowest BCUT2D eigenvalue weighted by Crippen LogP contribution is -2.52. The van der Waals surface area contributed by atoms with Gasteiger partial charge in [0, 0.05) is 25.3 Å². The number of carbonyl (C=O) groups is 2. The zero-order chi connectivity index (χ0) is 13.9. The number of benzene rings is 1. The first kappa shape index (κ1) is 13.1. The molecule has 2 aliphatic rings. The van der Waals surface area contributed by atoms with Crippen molar-refractivity contribution in [1.82, 2.24) is 10.6 Å². The fourth-order valence-corrected chi connectivity index (χ4v) is 3.01. The molecule has 0 aromatic heterocycles. The van der Waals surface area contributed by atoms with E-state index in [1.165, 1.54) is 5.56 Å². The fourth-order valence-electron chi connectivity index (χ4n) is 3.01. The third-order valence-corrected chi connectivity index (χ3v) is 4.02. The summed E-state index contributed by atoms with van der Waals surface area (Å²) in [5.74, 6) is -0.543. The Morgan fingerprint density at radius 1 is 1.15 bits per heavy atom. The van der Waals surface area contributed by atoms with Crippen molar-refractivity contribution in [1.29, 1.82) is 0 Å². The van der Waals surface area contributed by atoms with Crippen molar-refractivity contribution in [3.63, 3.8) is 0 Å². The average molecular weight is 273 g/mol. The van der Waals surface area contributed by atoms with E-state index in [2.05, 4.69) is 16.7 Å². The number of nitrogens with one attached hydrogen (secondary N) is 2. The molecule has 0 bridgehead atoms. The number of hydrogen-bond donors (Lipinski definition) is 2. The van der Waals surface area contributed by atoms with Crippen LogP contribution in [0, 0.1) is 0 Å². The molecule has 5 nitrogen and oxygen atoms in total. The highest BCUT2D eigenvalue weighted by atomic mass is 16.2. The number of piperazine rings is 1. The summed E-state index contributed by atoms with van der Waals surface area (Å²) in [4.78, 5) is 25.2. The minimum atomic E-state index is -0.507. The molecule has 2 N–H and O–H groups in total. The Bertz CT molecular complexity index is 524. The third-order valence-electron chi connectivity index (χ3n) is 4.02. The van der Waals surface area contributed by atoms with Gasteiger partial charge in [-0.1, -0.05) is 18.2 Å². The van der Waals surface area contributed by atoms with Crippen LogP contribution in [0.15, 0.2) is 24.3 Å². The molecule has 2 saturated heterocycles. The smallest absolute Gasteiger partial charge is 0.316 e. The second kappa shape index (κ2) is 5.63. The molecule has 106 valence electrons. The van der Waals surface area contributed by atoms with Gasteiger partial charge in [0.05, 0.1) is 0 Å². The number of amides is 2. The van der Waals surface area contributed by atoms with Gasteiger partial charge in [0.1, 0.15) is 0 Å². The first-order chi connectivity index (χ1) is 9.77. The van der Waals surface area contributed by atoms with Gasteiger partial charge < -0.3 is 15.5 Å². The fraction of sp³-hybridized carbons (Fsp3) is 0.467. The maximum Gasteiger partial charge on any atom is 0.316 e. The molecule has 20 heavy (non-hydrogen) atoms. The van der Waals surface area contributed by atoms with Crippen molar-refractivity contribution in [3.8, 4) is 0 Å². The van der Waals surface area contributed by atoms with E-state index in [-0.39, 0.29) is 0 Å². The van der Waals surface area contributed by atoms with Crippen LogP contribution < -0.4 is 15.5 Å². The van der Waals surface area contributed by atoms with Crippen LogP contribution in [0.4, 0.5) is 5.69 Å². The van der Waals surface area contributed by atoms with Gasteiger partial charge in [-0.3, -0.25) is 9.59 Å². The van der Waals surface area contributed by atoms with Gasteiger partial charge in [-0.25, -0.2) is 0 Å². The molecule has 2 amide bonds. The topological polar surface area (TPSA) is 61.4 Å². The summed E-state index contributed by atoms with van der Waals surface area (Å²) < 4.78 is 0. The Morgan fingerprint density at radius 3 is 2.80 bits per heavy atom. The van der Waals surface area contributed by atoms with E-state index >= 15 is 0 Å². The summed E-state index contributed by atoms with van der Waals surface area (Å²) in [6.45, 7) is 3.05. The van der Waals surface area contributed by atoms with Crippen molar-refractivity contribution >= 4 is 17.5 Å². The van der Waals surface area contributed by atoms with Gasteiger partial charge in [0.2, 0.25) is 0 Å². The maximum atomic E-state index is 12.1. The molecule has 0 aliphatic carbocycles. The number of anilines is 1. The molecule has 1 aromatic rings. The number of para-hydroxylation sites is 1. The first-order valence-corrected chi connectivity index (χ1v) is 7.16. The van der Waals surface area contributed by atoms with Crippen molar-refractivity contribution in [2.24, 2.45) is 0 Å². The minimum absolute atomic E-state index is 0.415. The lowest BCUT2D eigenvalue weighted by atomic mass is 9.90. The molecule has 5 heteroatoms. The van der Waals surface area contributed by atoms with Crippen molar-refractivity contribution in [3.05, 3.63) is 29.8 Å². The predicted molar refractivity (Wildman–Crippen MR) is 76.6 cm³/mol. The Labute approximate surface area is 118 Å². The summed E-state index contributed by atoms with van der Waals surface area (Å²) >= 11 is 0. The molecule has 2 fully saturated rings. The van der Waals surface area contributed by atoms with Crippen LogP contribution in [0.3, 0.4) is 0 Å². The number of piperidine rings is 1. The molecule has 0 saturated carbocycles. The summed E-state index contributed by atoms with van der Waals surface area (Å²) in [7, 11) is 0. The van der Waals surface area contributed by atoms with E-state index in [1.54, 1.807) is 4.90 Å². The molecule has 1 atom stereocenters. The molecule has 3 rings (SSSR count). The van der Waals surface area contributed by atoms with E-state index in [0.29, 0.717) is 19.0 Å². The van der Waals surface area contributed by atoms with Crippen LogP contribution in [0.1, 0.15) is 24.3 Å². The molecular weight excluding hydrogens is 254 g/mol. The molecule has 1 aromatic carbocycles. The first-order valence-electron chi connectivity index (χ1n) is 7.16. The Kier molecular flexibility index (Phi) is 3.69. The lowest BCUT2D eigenvalue weighted by Gasteiger charge is -2.31. The van der Waals surface area contributed by atoms with E-state index in [9.17, 15) is 9.59 Å². The second-order valence-electron chi connectivity index (χ2n) is 5.31. The standard InChI is InChI=1S/C15H19N3O2/c19-14-15(20)18(9-8-17-14)13-6-2-1-5-12(13)11-4-3-7-16-10-11/h1-2,5-6,11,16H,3-4,7-10H2,(H,17,19). The molecule has 2 heterocycles. The molecule has 0 spiro atoms. The van der Waals surface area contributed by atoms with Crippen molar-refractivity contribution in [2.75, 3.05) is 31.1 Å². The normalized spacial score (nSPS) is 23.6. The monoisotopic (exact) mass is 273 g/mol. The number of carbonyl (C=O) groups excluding carboxylic acids is 2. The molecule has 0 radical (unpaired) electrons. The van der Waals surface area contributed by atoms with Crippen molar-refractivity contribution in [2.45, 2.75) is 18.8 Å². The summed E-state index contributed by atoms with van der Waals surface area (Å²) in [5.41, 5.74) is 2.06. The van der Waals surface area contributed by atoms with Crippen LogP contribution in [0.25, 0.3) is 0 Å². The van der Waals surface area contributed by atoms with Crippen LogP contribution in [-0.4, -0.2) is 38.0 Å². The number of nitrogens with zero attached hydrogens (tertiary/aromatic N) is 1. The maximum absolute atomic E-state index is 12.1. The number of rotatable bonds is 2. The summed E-state index contributed by atoms with van der Waals surface area (Å²) in [6.07, 6.45) is 2.27. The average Bonchev–Trinajstić information content (AvgIpc) is 2.51. The third kappa shape index (κ3) is 2.41. The molecule has 2 aliphatic heterocycles. The van der Waals surface area contributed by atoms with Gasteiger partial charge >= 0.3 is 11.8 Å². The van der Waals surface area contributed by atoms with E-state index in [4.69, 9.17) is 0 Å². The second-order valence-corrected chi connectivity index (χ2v) is 5.31. The van der Waals surface area contributed by atoms with Crippen molar-refractivity contribution < 1.29 is 9.59 Å². The number of hydrogen-bond acceptors (Lipinski definition) is 3. The van der Waals surface area contributed by atoms with Gasteiger partial charge in [-0.05, 0) is 36.9 Å². The van der Waals surface area contributed by atoms with E-state index < -0.39 is 11.8 Å². The van der Waals surface area contributed by atoms with Crippen LogP contribution in [0.5, 0.6) is 0 Å². The van der Waals surface area contributed by atoms with Gasteiger partial charge in [0.25, 0.3) is 0 Å². The predicted octanol–water partition coefficient (Wildman–Crippen LogP) is 0.616. The zero-order valence-corrected chi connectivity index (χ0v) is 11.4. The molecule has 1 unspecified atom stereocenters. The quantitative estimate of drug-likeness (QED) is 0.776. The zero-order valence-electron chi connectivity index (χ0n) is 11.4. The van der Waals surface area contributed by atoms with Crippen LogP contribution >= 0.6 is 0 Å². The van der Waals surface area contributed by atoms with Gasteiger partial charge in [-0.15, -0.1) is 0 Å². The molecular formula is C15H19N3O2. The van der Waals surface area contributed by atoms with Crippen LogP contribution in [0.2, 0.25) is 0 Å². The summed E-state index contributed by atoms with van der Waals surface area (Å²) in [5, 5.41) is 5.99. The van der Waals surface area contributed by atoms with Crippen LogP contribution in [-0.2, 0) is 9.59 Å². The Hall–Kier alpha value is -1.88. The van der Waals surface area contributed by atoms with E-state index in [1.807, 2.05) is 18.2 Å². The lowest BCUT2D eigenvalue weighted by molar-refractivity contribution is -0.138. The van der Waals surface area contributed by atoms with Gasteiger partial charge in [0.15, 0.2) is 0 Å².